The summed E-state index contributed by atoms with van der Waals surface area (Å²) in [5.41, 5.74) is 0.493. The van der Waals surface area contributed by atoms with E-state index in [1.807, 2.05) is 0 Å². The first-order chi connectivity index (χ1) is 9.52. The Morgan fingerprint density at radius 2 is 2.10 bits per heavy atom. The summed E-state index contributed by atoms with van der Waals surface area (Å²) in [6.07, 6.45) is 0. The molecule has 0 bridgehead atoms. The first-order valence-electron chi connectivity index (χ1n) is 5.48. The molecule has 0 radical (unpaired) electrons. The monoisotopic (exact) mass is 355 g/mol. The fourth-order valence-corrected chi connectivity index (χ4v) is 2.75. The van der Waals surface area contributed by atoms with E-state index < -0.39 is 5.97 Å². The van der Waals surface area contributed by atoms with Crippen molar-refractivity contribution in [2.75, 3.05) is 12.4 Å². The molecule has 0 fully saturated rings. The SMILES string of the molecule is COc1ccsc1C(=O)Nc1ccc(Br)c(C(=O)O)c1. The van der Waals surface area contributed by atoms with E-state index in [-0.39, 0.29) is 11.5 Å². The van der Waals surface area contributed by atoms with Gasteiger partial charge in [0.1, 0.15) is 10.6 Å². The van der Waals surface area contributed by atoms with Gasteiger partial charge in [0.2, 0.25) is 0 Å². The molecule has 104 valence electrons. The molecule has 0 aliphatic rings. The summed E-state index contributed by atoms with van der Waals surface area (Å²) in [4.78, 5) is 23.5. The number of carbonyl (C=O) groups excluding carboxylic acids is 1. The van der Waals surface area contributed by atoms with Crippen LogP contribution in [0.5, 0.6) is 5.75 Å². The number of carboxylic acids is 1. The average molecular weight is 356 g/mol. The summed E-state index contributed by atoms with van der Waals surface area (Å²) in [6, 6.07) is 6.29. The predicted octanol–water partition coefficient (Wildman–Crippen LogP) is 3.47. The standard InChI is InChI=1S/C13H10BrNO4S/c1-19-10-4-5-20-11(10)12(16)15-7-2-3-9(14)8(6-7)13(17)18/h2-6H,1H3,(H,15,16)(H,17,18). The van der Waals surface area contributed by atoms with E-state index in [2.05, 4.69) is 21.2 Å². The fourth-order valence-electron chi connectivity index (χ4n) is 1.58. The van der Waals surface area contributed by atoms with Crippen LogP contribution < -0.4 is 10.1 Å². The molecular weight excluding hydrogens is 346 g/mol. The number of amides is 1. The number of ether oxygens (including phenoxy) is 1. The van der Waals surface area contributed by atoms with Gasteiger partial charge in [-0.15, -0.1) is 11.3 Å². The van der Waals surface area contributed by atoms with Crippen LogP contribution in [0.4, 0.5) is 5.69 Å². The molecule has 0 saturated carbocycles. The third-order valence-corrected chi connectivity index (χ3v) is 4.10. The van der Waals surface area contributed by atoms with Crippen molar-refractivity contribution in [1.82, 2.24) is 0 Å². The maximum absolute atomic E-state index is 12.1. The Balaban J connectivity index is 2.24. The van der Waals surface area contributed by atoms with Gasteiger partial charge in [-0.3, -0.25) is 4.79 Å². The van der Waals surface area contributed by atoms with Gasteiger partial charge in [0.15, 0.2) is 0 Å². The van der Waals surface area contributed by atoms with Crippen LogP contribution in [0.25, 0.3) is 0 Å². The number of halogens is 1. The van der Waals surface area contributed by atoms with Crippen molar-refractivity contribution in [3.8, 4) is 5.75 Å². The highest BCUT2D eigenvalue weighted by Gasteiger charge is 2.15. The molecule has 2 aromatic rings. The highest BCUT2D eigenvalue weighted by Crippen LogP contribution is 2.26. The zero-order chi connectivity index (χ0) is 14.7. The van der Waals surface area contributed by atoms with E-state index in [0.717, 1.165) is 0 Å². The van der Waals surface area contributed by atoms with Crippen LogP contribution in [0.3, 0.4) is 0 Å². The lowest BCUT2D eigenvalue weighted by atomic mass is 10.2. The Morgan fingerprint density at radius 1 is 1.35 bits per heavy atom. The van der Waals surface area contributed by atoms with E-state index in [9.17, 15) is 9.59 Å². The Hall–Kier alpha value is -1.86. The molecule has 1 aromatic heterocycles. The van der Waals surface area contributed by atoms with Crippen LogP contribution >= 0.6 is 27.3 Å². The molecule has 2 rings (SSSR count). The second kappa shape index (κ2) is 6.06. The van der Waals surface area contributed by atoms with Crippen LogP contribution in [-0.4, -0.2) is 24.1 Å². The van der Waals surface area contributed by atoms with Crippen molar-refractivity contribution in [2.24, 2.45) is 0 Å². The minimum absolute atomic E-state index is 0.0842. The number of rotatable bonds is 4. The highest BCUT2D eigenvalue weighted by atomic mass is 79.9. The smallest absolute Gasteiger partial charge is 0.336 e. The third-order valence-electron chi connectivity index (χ3n) is 2.51. The molecule has 1 heterocycles. The topological polar surface area (TPSA) is 75.6 Å². The number of thiophene rings is 1. The maximum Gasteiger partial charge on any atom is 0.336 e. The number of carbonyl (C=O) groups is 2. The highest BCUT2D eigenvalue weighted by molar-refractivity contribution is 9.10. The molecule has 0 atom stereocenters. The van der Waals surface area contributed by atoms with Gasteiger partial charge < -0.3 is 15.2 Å². The van der Waals surface area contributed by atoms with E-state index in [4.69, 9.17) is 9.84 Å². The lowest BCUT2D eigenvalue weighted by Crippen LogP contribution is -2.12. The molecule has 1 amide bonds. The van der Waals surface area contributed by atoms with Crippen molar-refractivity contribution in [1.29, 1.82) is 0 Å². The molecular formula is C13H10BrNO4S. The first-order valence-corrected chi connectivity index (χ1v) is 7.16. The van der Waals surface area contributed by atoms with Crippen molar-refractivity contribution in [2.45, 2.75) is 0 Å². The minimum atomic E-state index is -1.07. The number of aromatic carboxylic acids is 1. The molecule has 2 N–H and O–H groups in total. The second-order valence-corrected chi connectivity index (χ2v) is 5.54. The van der Waals surface area contributed by atoms with Crippen molar-refractivity contribution in [3.63, 3.8) is 0 Å². The quantitative estimate of drug-likeness (QED) is 0.880. The number of hydrogen-bond acceptors (Lipinski definition) is 4. The van der Waals surface area contributed by atoms with E-state index >= 15 is 0 Å². The number of methoxy groups -OCH3 is 1. The molecule has 0 spiro atoms. The minimum Gasteiger partial charge on any atom is -0.495 e. The van der Waals surface area contributed by atoms with E-state index in [1.165, 1.54) is 24.5 Å². The van der Waals surface area contributed by atoms with Crippen molar-refractivity contribution >= 4 is 44.8 Å². The lowest BCUT2D eigenvalue weighted by molar-refractivity contribution is 0.0695. The Labute approximate surface area is 127 Å². The van der Waals surface area contributed by atoms with Gasteiger partial charge in [0, 0.05) is 10.2 Å². The van der Waals surface area contributed by atoms with Gasteiger partial charge in [-0.05, 0) is 45.6 Å². The number of nitrogens with one attached hydrogen (secondary N) is 1. The van der Waals surface area contributed by atoms with Gasteiger partial charge in [-0.1, -0.05) is 0 Å². The molecule has 0 unspecified atom stereocenters. The van der Waals surface area contributed by atoms with E-state index in [1.54, 1.807) is 23.6 Å². The first kappa shape index (κ1) is 14.5. The van der Waals surface area contributed by atoms with Crippen LogP contribution in [0.15, 0.2) is 34.1 Å². The molecule has 20 heavy (non-hydrogen) atoms. The summed E-state index contributed by atoms with van der Waals surface area (Å²) in [5, 5.41) is 13.4. The summed E-state index contributed by atoms with van der Waals surface area (Å²) in [7, 11) is 1.49. The second-order valence-electron chi connectivity index (χ2n) is 3.77. The largest absolute Gasteiger partial charge is 0.495 e. The van der Waals surface area contributed by atoms with Crippen molar-refractivity contribution < 1.29 is 19.4 Å². The Kier molecular flexibility index (Phi) is 4.41. The number of hydrogen-bond donors (Lipinski definition) is 2. The summed E-state index contributed by atoms with van der Waals surface area (Å²) in [5.74, 6) is -0.916. The number of anilines is 1. The molecule has 1 aromatic carbocycles. The zero-order valence-corrected chi connectivity index (χ0v) is 12.7. The van der Waals surface area contributed by atoms with Crippen molar-refractivity contribution in [3.05, 3.63) is 44.6 Å². The molecule has 0 aliphatic carbocycles. The lowest BCUT2D eigenvalue weighted by Gasteiger charge is -2.07. The van der Waals surface area contributed by atoms with Crippen LogP contribution in [0.1, 0.15) is 20.0 Å². The summed E-state index contributed by atoms with van der Waals surface area (Å²) in [6.45, 7) is 0. The van der Waals surface area contributed by atoms with Gasteiger partial charge in [0.25, 0.3) is 5.91 Å². The zero-order valence-electron chi connectivity index (χ0n) is 10.3. The van der Waals surface area contributed by atoms with Crippen LogP contribution in [0.2, 0.25) is 0 Å². The van der Waals surface area contributed by atoms with Crippen LogP contribution in [-0.2, 0) is 0 Å². The van der Waals surface area contributed by atoms with Gasteiger partial charge in [-0.25, -0.2) is 4.79 Å². The number of benzene rings is 1. The fraction of sp³-hybridized carbons (Fsp3) is 0.0769. The Morgan fingerprint density at radius 3 is 2.75 bits per heavy atom. The van der Waals surface area contributed by atoms with Gasteiger partial charge in [-0.2, -0.15) is 0 Å². The third kappa shape index (κ3) is 3.00. The average Bonchev–Trinajstić information content (AvgIpc) is 2.89. The predicted molar refractivity (Wildman–Crippen MR) is 79.9 cm³/mol. The maximum atomic E-state index is 12.1. The number of carboxylic acid groups (broad SMARTS) is 1. The molecule has 5 nitrogen and oxygen atoms in total. The molecule has 0 saturated heterocycles. The Bertz CT molecular complexity index is 668. The molecule has 7 heteroatoms. The molecule has 0 aliphatic heterocycles. The summed E-state index contributed by atoms with van der Waals surface area (Å²) >= 11 is 4.40. The van der Waals surface area contributed by atoms with Gasteiger partial charge >= 0.3 is 5.97 Å². The summed E-state index contributed by atoms with van der Waals surface area (Å²) < 4.78 is 5.53. The van der Waals surface area contributed by atoms with E-state index in [0.29, 0.717) is 20.8 Å². The normalized spacial score (nSPS) is 10.1. The van der Waals surface area contributed by atoms with Gasteiger partial charge in [0.05, 0.1) is 12.7 Å². The van der Waals surface area contributed by atoms with Crippen LogP contribution in [0, 0.1) is 0 Å².